The maximum absolute atomic E-state index is 13.1. The highest BCUT2D eigenvalue weighted by Gasteiger charge is 2.36. The zero-order valence-corrected chi connectivity index (χ0v) is 15.0. The van der Waals surface area contributed by atoms with Gasteiger partial charge in [-0.05, 0) is 43.4 Å². The molecule has 1 atom stereocenters. The van der Waals surface area contributed by atoms with Crippen LogP contribution in [0, 0.1) is 0 Å². The average Bonchev–Trinajstić information content (AvgIpc) is 3.08. The molecule has 1 aromatic carbocycles. The molecule has 4 rings (SSSR count). The van der Waals surface area contributed by atoms with E-state index in [9.17, 15) is 14.7 Å². The summed E-state index contributed by atoms with van der Waals surface area (Å²) in [5, 5.41) is 9.49. The van der Waals surface area contributed by atoms with Crippen LogP contribution >= 0.6 is 0 Å². The molecule has 1 fully saturated rings. The first-order chi connectivity index (χ1) is 13.1. The normalized spacial score (nSPS) is 19.6. The van der Waals surface area contributed by atoms with Crippen molar-refractivity contribution in [1.29, 1.82) is 0 Å². The summed E-state index contributed by atoms with van der Waals surface area (Å²) in [4.78, 5) is 30.4. The molecular weight excluding hydrogens is 344 g/mol. The van der Waals surface area contributed by atoms with Crippen LogP contribution in [-0.2, 0) is 4.79 Å². The van der Waals surface area contributed by atoms with Crippen LogP contribution in [0.25, 0.3) is 0 Å². The van der Waals surface area contributed by atoms with Crippen molar-refractivity contribution in [2.24, 2.45) is 0 Å². The first-order valence-electron chi connectivity index (χ1n) is 9.40. The van der Waals surface area contributed by atoms with Gasteiger partial charge in [0.15, 0.2) is 0 Å². The molecule has 0 bridgehead atoms. The molecule has 27 heavy (non-hydrogen) atoms. The van der Waals surface area contributed by atoms with E-state index < -0.39 is 11.9 Å². The van der Waals surface area contributed by atoms with Crippen molar-refractivity contribution in [3.05, 3.63) is 53.7 Å². The highest BCUT2D eigenvalue weighted by Crippen LogP contribution is 2.37. The molecule has 0 saturated heterocycles. The SMILES string of the molecule is O=C(O)C1CN(C(=O)c2ccnc(OC3CCCCC3)c2)c2ccccc21. The Labute approximate surface area is 157 Å². The van der Waals surface area contributed by atoms with Gasteiger partial charge >= 0.3 is 5.97 Å². The molecule has 2 aliphatic rings. The number of anilines is 1. The van der Waals surface area contributed by atoms with Crippen molar-refractivity contribution in [3.8, 4) is 5.88 Å². The van der Waals surface area contributed by atoms with E-state index in [0.29, 0.717) is 22.7 Å². The zero-order chi connectivity index (χ0) is 18.8. The van der Waals surface area contributed by atoms with Crippen molar-refractivity contribution in [1.82, 2.24) is 4.98 Å². The van der Waals surface area contributed by atoms with Gasteiger partial charge in [0, 0.05) is 30.1 Å². The third kappa shape index (κ3) is 3.52. The topological polar surface area (TPSA) is 79.7 Å². The number of pyridine rings is 1. The average molecular weight is 366 g/mol. The predicted molar refractivity (Wildman–Crippen MR) is 100 cm³/mol. The number of amides is 1. The molecule has 2 aromatic rings. The molecular formula is C21H22N2O4. The number of hydrogen-bond donors (Lipinski definition) is 1. The smallest absolute Gasteiger partial charge is 0.312 e. The number of carboxylic acid groups (broad SMARTS) is 1. The third-order valence-corrected chi connectivity index (χ3v) is 5.33. The molecule has 1 aliphatic heterocycles. The van der Waals surface area contributed by atoms with E-state index in [0.717, 1.165) is 25.7 Å². The fourth-order valence-electron chi connectivity index (χ4n) is 3.93. The standard InChI is InChI=1S/C21H22N2O4/c24-20(23-13-17(21(25)26)16-8-4-5-9-18(16)23)14-10-11-22-19(12-14)27-15-6-2-1-3-7-15/h4-5,8-12,15,17H,1-3,6-7,13H2,(H,25,26). The second kappa shape index (κ2) is 7.39. The Bertz CT molecular complexity index is 861. The Hall–Kier alpha value is -2.89. The maximum atomic E-state index is 13.1. The van der Waals surface area contributed by atoms with E-state index in [2.05, 4.69) is 4.98 Å². The molecule has 1 N–H and O–H groups in total. The number of para-hydroxylation sites is 1. The van der Waals surface area contributed by atoms with Crippen LogP contribution in [0.2, 0.25) is 0 Å². The second-order valence-corrected chi connectivity index (χ2v) is 7.13. The van der Waals surface area contributed by atoms with Gasteiger partial charge in [-0.1, -0.05) is 24.6 Å². The molecule has 1 unspecified atom stereocenters. The predicted octanol–water partition coefficient (Wildman–Crippen LogP) is 3.62. The molecule has 1 amide bonds. The van der Waals surface area contributed by atoms with Gasteiger partial charge in [0.05, 0.1) is 0 Å². The number of carboxylic acids is 1. The summed E-state index contributed by atoms with van der Waals surface area (Å²) in [6, 6.07) is 10.5. The molecule has 1 aromatic heterocycles. The summed E-state index contributed by atoms with van der Waals surface area (Å²) in [6.07, 6.45) is 7.31. The highest BCUT2D eigenvalue weighted by atomic mass is 16.5. The van der Waals surface area contributed by atoms with E-state index in [1.165, 1.54) is 11.3 Å². The number of carbonyl (C=O) groups is 2. The lowest BCUT2D eigenvalue weighted by Gasteiger charge is -2.23. The molecule has 1 saturated carbocycles. The van der Waals surface area contributed by atoms with Crippen LogP contribution in [0.5, 0.6) is 5.88 Å². The van der Waals surface area contributed by atoms with Crippen LogP contribution in [0.1, 0.15) is 53.9 Å². The molecule has 6 nitrogen and oxygen atoms in total. The zero-order valence-electron chi connectivity index (χ0n) is 15.0. The Morgan fingerprint density at radius 3 is 2.67 bits per heavy atom. The summed E-state index contributed by atoms with van der Waals surface area (Å²) in [5.41, 5.74) is 1.78. The molecule has 140 valence electrons. The van der Waals surface area contributed by atoms with Gasteiger partial charge in [-0.15, -0.1) is 0 Å². The van der Waals surface area contributed by atoms with Gasteiger partial charge in [0.2, 0.25) is 5.88 Å². The first kappa shape index (κ1) is 17.5. The number of hydrogen-bond acceptors (Lipinski definition) is 4. The number of fused-ring (bicyclic) bond motifs is 1. The Balaban J connectivity index is 1.56. The van der Waals surface area contributed by atoms with E-state index >= 15 is 0 Å². The number of benzene rings is 1. The van der Waals surface area contributed by atoms with Gasteiger partial charge in [0.25, 0.3) is 5.91 Å². The van der Waals surface area contributed by atoms with Crippen molar-refractivity contribution in [2.75, 3.05) is 11.4 Å². The Morgan fingerprint density at radius 1 is 1.11 bits per heavy atom. The molecule has 2 heterocycles. The summed E-state index contributed by atoms with van der Waals surface area (Å²) < 4.78 is 5.96. The van der Waals surface area contributed by atoms with Gasteiger partial charge in [-0.2, -0.15) is 0 Å². The summed E-state index contributed by atoms with van der Waals surface area (Å²) >= 11 is 0. The molecule has 1 aliphatic carbocycles. The lowest BCUT2D eigenvalue weighted by Crippen LogP contribution is -2.31. The fourth-order valence-corrected chi connectivity index (χ4v) is 3.93. The summed E-state index contributed by atoms with van der Waals surface area (Å²) in [5.74, 6) is -1.41. The molecule has 6 heteroatoms. The molecule has 0 spiro atoms. The number of aliphatic carboxylic acids is 1. The summed E-state index contributed by atoms with van der Waals surface area (Å²) in [6.45, 7) is 0.134. The van der Waals surface area contributed by atoms with Crippen molar-refractivity contribution in [2.45, 2.75) is 44.1 Å². The van der Waals surface area contributed by atoms with Gasteiger partial charge < -0.3 is 14.7 Å². The van der Waals surface area contributed by atoms with E-state index in [4.69, 9.17) is 4.74 Å². The number of aromatic nitrogens is 1. The van der Waals surface area contributed by atoms with Crippen LogP contribution in [-0.4, -0.2) is 34.6 Å². The third-order valence-electron chi connectivity index (χ3n) is 5.33. The maximum Gasteiger partial charge on any atom is 0.312 e. The summed E-state index contributed by atoms with van der Waals surface area (Å²) in [7, 11) is 0. The number of nitrogens with zero attached hydrogens (tertiary/aromatic N) is 2. The minimum atomic E-state index is -0.922. The Kier molecular flexibility index (Phi) is 4.79. The number of carbonyl (C=O) groups excluding carboxylic acids is 1. The van der Waals surface area contributed by atoms with E-state index in [1.807, 2.05) is 6.07 Å². The minimum Gasteiger partial charge on any atom is -0.481 e. The van der Waals surface area contributed by atoms with E-state index in [-0.39, 0.29) is 18.6 Å². The number of rotatable bonds is 4. The van der Waals surface area contributed by atoms with Crippen molar-refractivity contribution in [3.63, 3.8) is 0 Å². The minimum absolute atomic E-state index is 0.134. The fraction of sp³-hybridized carbons (Fsp3) is 0.381. The van der Waals surface area contributed by atoms with Crippen LogP contribution < -0.4 is 9.64 Å². The second-order valence-electron chi connectivity index (χ2n) is 7.13. The van der Waals surface area contributed by atoms with Gasteiger partial charge in [-0.3, -0.25) is 9.59 Å². The van der Waals surface area contributed by atoms with Crippen LogP contribution in [0.3, 0.4) is 0 Å². The van der Waals surface area contributed by atoms with Gasteiger partial charge in [-0.25, -0.2) is 4.98 Å². The van der Waals surface area contributed by atoms with Gasteiger partial charge in [0.1, 0.15) is 12.0 Å². The number of ether oxygens (including phenoxy) is 1. The lowest BCUT2D eigenvalue weighted by molar-refractivity contribution is -0.138. The first-order valence-corrected chi connectivity index (χ1v) is 9.40. The molecule has 0 radical (unpaired) electrons. The quantitative estimate of drug-likeness (QED) is 0.894. The van der Waals surface area contributed by atoms with Crippen molar-refractivity contribution < 1.29 is 19.4 Å². The van der Waals surface area contributed by atoms with Crippen LogP contribution in [0.4, 0.5) is 5.69 Å². The highest BCUT2D eigenvalue weighted by molar-refractivity contribution is 6.08. The lowest BCUT2D eigenvalue weighted by atomic mass is 9.98. The monoisotopic (exact) mass is 366 g/mol. The van der Waals surface area contributed by atoms with Crippen molar-refractivity contribution >= 4 is 17.6 Å². The Morgan fingerprint density at radius 2 is 1.89 bits per heavy atom. The van der Waals surface area contributed by atoms with Crippen LogP contribution in [0.15, 0.2) is 42.6 Å². The largest absolute Gasteiger partial charge is 0.481 e. The van der Waals surface area contributed by atoms with E-state index in [1.54, 1.807) is 36.5 Å².